The van der Waals surface area contributed by atoms with Crippen LogP contribution in [0.2, 0.25) is 0 Å². The lowest BCUT2D eigenvalue weighted by molar-refractivity contribution is 1.30. The summed E-state index contributed by atoms with van der Waals surface area (Å²) in [5, 5.41) is 9.92. The molecule has 1 heteroatoms. The third-order valence-electron chi connectivity index (χ3n) is 9.37. The number of nitrogens with zero attached hydrogens (tertiary/aromatic N) is 1. The maximum atomic E-state index is 2.41. The fourth-order valence-corrected chi connectivity index (χ4v) is 7.21. The zero-order valence-electron chi connectivity index (χ0n) is 25.8. The smallest absolute Gasteiger partial charge is 0.0468 e. The van der Waals surface area contributed by atoms with Crippen LogP contribution >= 0.6 is 0 Å². The monoisotopic (exact) mass is 597 g/mol. The first-order valence-corrected chi connectivity index (χ1v) is 16.2. The molecule has 0 aromatic heterocycles. The summed E-state index contributed by atoms with van der Waals surface area (Å²) in [5.41, 5.74) is 8.32. The van der Waals surface area contributed by atoms with Crippen molar-refractivity contribution < 1.29 is 0 Å². The minimum atomic E-state index is 1.12. The van der Waals surface area contributed by atoms with Crippen LogP contribution < -0.4 is 4.90 Å². The van der Waals surface area contributed by atoms with E-state index in [9.17, 15) is 0 Å². The van der Waals surface area contributed by atoms with E-state index in [0.717, 1.165) is 17.1 Å². The van der Waals surface area contributed by atoms with Gasteiger partial charge < -0.3 is 4.90 Å². The van der Waals surface area contributed by atoms with E-state index in [1.54, 1.807) is 0 Å². The lowest BCUT2D eigenvalue weighted by Crippen LogP contribution is -2.10. The van der Waals surface area contributed by atoms with Gasteiger partial charge in [-0.2, -0.15) is 0 Å². The van der Waals surface area contributed by atoms with Gasteiger partial charge in [0, 0.05) is 17.1 Å². The summed E-state index contributed by atoms with van der Waals surface area (Å²) < 4.78 is 0. The van der Waals surface area contributed by atoms with Crippen molar-refractivity contribution in [3.8, 4) is 22.3 Å². The molecule has 0 heterocycles. The highest BCUT2D eigenvalue weighted by Crippen LogP contribution is 2.47. The summed E-state index contributed by atoms with van der Waals surface area (Å²) >= 11 is 0. The highest BCUT2D eigenvalue weighted by Gasteiger charge is 2.20. The Morgan fingerprint density at radius 2 is 0.660 bits per heavy atom. The quantitative estimate of drug-likeness (QED) is 0.178. The Hall–Kier alpha value is -6.18. The van der Waals surface area contributed by atoms with Gasteiger partial charge in [-0.1, -0.05) is 152 Å². The Kier molecular flexibility index (Phi) is 6.54. The first-order chi connectivity index (χ1) is 23.3. The second kappa shape index (κ2) is 11.3. The molecule has 9 aromatic carbocycles. The van der Waals surface area contributed by atoms with Gasteiger partial charge in [0.25, 0.3) is 0 Å². The van der Waals surface area contributed by atoms with E-state index in [2.05, 4.69) is 193 Å². The molecule has 0 aliphatic rings. The normalized spacial score (nSPS) is 11.4. The van der Waals surface area contributed by atoms with Gasteiger partial charge in [0.2, 0.25) is 0 Å². The van der Waals surface area contributed by atoms with Crippen LogP contribution in [0, 0.1) is 0 Å². The second-order valence-electron chi connectivity index (χ2n) is 12.2. The predicted molar refractivity (Wildman–Crippen MR) is 202 cm³/mol. The van der Waals surface area contributed by atoms with Crippen LogP contribution in [0.5, 0.6) is 0 Å². The molecule has 0 unspecified atom stereocenters. The average Bonchev–Trinajstić information content (AvgIpc) is 3.15. The van der Waals surface area contributed by atoms with Crippen molar-refractivity contribution in [2.75, 3.05) is 4.90 Å². The summed E-state index contributed by atoms with van der Waals surface area (Å²) in [5.74, 6) is 0. The lowest BCUT2D eigenvalue weighted by atomic mass is 9.85. The van der Waals surface area contributed by atoms with Gasteiger partial charge in [-0.15, -0.1) is 0 Å². The molecule has 0 saturated carbocycles. The summed E-state index contributed by atoms with van der Waals surface area (Å²) in [6, 6.07) is 68.4. The molecule has 0 radical (unpaired) electrons. The number of fused-ring (bicyclic) bond motifs is 5. The van der Waals surface area contributed by atoms with Crippen molar-refractivity contribution >= 4 is 60.2 Å². The highest BCUT2D eigenvalue weighted by atomic mass is 15.1. The molecule has 220 valence electrons. The first kappa shape index (κ1) is 27.2. The first-order valence-electron chi connectivity index (χ1n) is 16.2. The van der Waals surface area contributed by atoms with Gasteiger partial charge in [0.15, 0.2) is 0 Å². The molecule has 0 fully saturated rings. The second-order valence-corrected chi connectivity index (χ2v) is 12.2. The van der Waals surface area contributed by atoms with Crippen LogP contribution in [-0.4, -0.2) is 0 Å². The Morgan fingerprint density at radius 3 is 1.23 bits per heavy atom. The predicted octanol–water partition coefficient (Wildman–Crippen LogP) is 13.1. The maximum Gasteiger partial charge on any atom is 0.0468 e. The molecule has 0 saturated heterocycles. The molecule has 0 bridgehead atoms. The molecule has 0 aliphatic heterocycles. The standard InChI is InChI=1S/C46H31N/c1-3-15-34(16-4-1)45-43-22-12-11-21-41(43)42-28-27-40(31-44(42)46(45)35-17-5-2-6-18-35)47(38-25-23-32-13-7-9-19-36(32)29-38)39-26-24-33-14-8-10-20-37(33)30-39/h1-31H. The van der Waals surface area contributed by atoms with E-state index in [0.29, 0.717) is 0 Å². The molecule has 1 nitrogen and oxygen atoms in total. The minimum Gasteiger partial charge on any atom is -0.310 e. The van der Waals surface area contributed by atoms with Crippen molar-refractivity contribution in [1.82, 2.24) is 0 Å². The van der Waals surface area contributed by atoms with Gasteiger partial charge >= 0.3 is 0 Å². The largest absolute Gasteiger partial charge is 0.310 e. The van der Waals surface area contributed by atoms with Crippen LogP contribution in [0.25, 0.3) is 65.3 Å². The number of hydrogen-bond donors (Lipinski definition) is 0. The van der Waals surface area contributed by atoms with Crippen LogP contribution in [0.4, 0.5) is 17.1 Å². The molecule has 0 N–H and O–H groups in total. The van der Waals surface area contributed by atoms with Crippen molar-refractivity contribution in [2.45, 2.75) is 0 Å². The average molecular weight is 598 g/mol. The number of rotatable bonds is 5. The molecule has 47 heavy (non-hydrogen) atoms. The van der Waals surface area contributed by atoms with Crippen molar-refractivity contribution in [2.24, 2.45) is 0 Å². The van der Waals surface area contributed by atoms with Crippen molar-refractivity contribution in [3.05, 3.63) is 188 Å². The van der Waals surface area contributed by atoms with Gasteiger partial charge in [-0.3, -0.25) is 0 Å². The minimum absolute atomic E-state index is 1.12. The van der Waals surface area contributed by atoms with Gasteiger partial charge in [0.1, 0.15) is 0 Å². The summed E-state index contributed by atoms with van der Waals surface area (Å²) in [6.45, 7) is 0. The topological polar surface area (TPSA) is 3.24 Å². The zero-order valence-corrected chi connectivity index (χ0v) is 25.8. The fourth-order valence-electron chi connectivity index (χ4n) is 7.21. The molecule has 0 atom stereocenters. The molecule has 0 amide bonds. The third-order valence-corrected chi connectivity index (χ3v) is 9.37. The van der Waals surface area contributed by atoms with E-state index < -0.39 is 0 Å². The molecule has 9 aromatic rings. The van der Waals surface area contributed by atoms with E-state index in [1.807, 2.05) is 0 Å². The Bertz CT molecular complexity index is 2490. The Balaban J connectivity index is 1.38. The maximum absolute atomic E-state index is 2.41. The molecular weight excluding hydrogens is 567 g/mol. The van der Waals surface area contributed by atoms with E-state index >= 15 is 0 Å². The molecule has 9 rings (SSSR count). The molecule has 0 spiro atoms. The van der Waals surface area contributed by atoms with Crippen molar-refractivity contribution in [1.29, 1.82) is 0 Å². The Labute approximate surface area is 274 Å². The molecule has 0 aliphatic carbocycles. The third kappa shape index (κ3) is 4.72. The van der Waals surface area contributed by atoms with E-state index in [4.69, 9.17) is 0 Å². The zero-order chi connectivity index (χ0) is 31.2. The van der Waals surface area contributed by atoms with Gasteiger partial charge in [0.05, 0.1) is 0 Å². The summed E-state index contributed by atoms with van der Waals surface area (Å²) in [4.78, 5) is 2.41. The molecular formula is C46H31N. The lowest BCUT2D eigenvalue weighted by Gasteiger charge is -2.27. The number of anilines is 3. The van der Waals surface area contributed by atoms with Gasteiger partial charge in [-0.25, -0.2) is 0 Å². The number of benzene rings is 9. The number of hydrogen-bond acceptors (Lipinski definition) is 1. The Morgan fingerprint density at radius 1 is 0.255 bits per heavy atom. The fraction of sp³-hybridized carbons (Fsp3) is 0. The van der Waals surface area contributed by atoms with Crippen LogP contribution in [0.3, 0.4) is 0 Å². The highest BCUT2D eigenvalue weighted by molar-refractivity contribution is 6.22. The van der Waals surface area contributed by atoms with E-state index in [1.165, 1.54) is 65.3 Å². The van der Waals surface area contributed by atoms with Crippen LogP contribution in [0.15, 0.2) is 188 Å². The van der Waals surface area contributed by atoms with Crippen LogP contribution in [-0.2, 0) is 0 Å². The van der Waals surface area contributed by atoms with Gasteiger partial charge in [-0.05, 0) is 102 Å². The SMILES string of the molecule is c1ccc(-c2c(-c3ccccc3)c3cc(N(c4ccc5ccccc5c4)c4ccc5ccccc5c4)ccc3c3ccccc23)cc1. The summed E-state index contributed by atoms with van der Waals surface area (Å²) in [7, 11) is 0. The van der Waals surface area contributed by atoms with Crippen LogP contribution in [0.1, 0.15) is 0 Å². The van der Waals surface area contributed by atoms with E-state index in [-0.39, 0.29) is 0 Å². The summed E-state index contributed by atoms with van der Waals surface area (Å²) in [6.07, 6.45) is 0. The van der Waals surface area contributed by atoms with Crippen molar-refractivity contribution in [3.63, 3.8) is 0 Å².